The highest BCUT2D eigenvalue weighted by atomic mass is 32.2. The van der Waals surface area contributed by atoms with E-state index in [4.69, 9.17) is 23.7 Å². The number of esters is 2. The lowest BCUT2D eigenvalue weighted by molar-refractivity contribution is -0.159. The average Bonchev–Trinajstić information content (AvgIpc) is 3.20. The van der Waals surface area contributed by atoms with Crippen LogP contribution < -0.4 is 10.3 Å². The summed E-state index contributed by atoms with van der Waals surface area (Å²) in [5, 5.41) is 0.271. The van der Waals surface area contributed by atoms with E-state index in [0.29, 0.717) is 29.9 Å². The highest BCUT2D eigenvalue weighted by Crippen LogP contribution is 2.59. The SMILES string of the molecule is CCOC(=O)[C@@H]1C2=CO[C@H](OCC)C[C@@H]2C[C@@H](C(=O)OCC)[C@]12Sc1nc3ccc(OC)cc3c(=O)n1C2=O. The van der Waals surface area contributed by atoms with Crippen LogP contribution in [-0.4, -0.2) is 65.4 Å². The third kappa shape index (κ3) is 4.29. The number of carbonyl (C=O) groups is 3. The second kappa shape index (κ2) is 10.6. The summed E-state index contributed by atoms with van der Waals surface area (Å²) in [5.41, 5.74) is 0.275. The van der Waals surface area contributed by atoms with Crippen LogP contribution in [-0.2, 0) is 28.5 Å². The summed E-state index contributed by atoms with van der Waals surface area (Å²) in [6.07, 6.45) is 1.47. The lowest BCUT2D eigenvalue weighted by Crippen LogP contribution is -2.60. The maximum Gasteiger partial charge on any atom is 0.315 e. The first-order chi connectivity index (χ1) is 18.8. The number of carbonyl (C=O) groups excluding carboxylic acids is 3. The third-order valence-corrected chi connectivity index (χ3v) is 8.88. The van der Waals surface area contributed by atoms with Gasteiger partial charge < -0.3 is 23.7 Å². The van der Waals surface area contributed by atoms with E-state index in [1.54, 1.807) is 26.0 Å². The minimum absolute atomic E-state index is 0.0591. The predicted molar refractivity (Wildman–Crippen MR) is 139 cm³/mol. The van der Waals surface area contributed by atoms with Gasteiger partial charge in [-0.05, 0) is 56.9 Å². The van der Waals surface area contributed by atoms with Gasteiger partial charge >= 0.3 is 11.9 Å². The third-order valence-electron chi connectivity index (χ3n) is 7.39. The zero-order valence-electron chi connectivity index (χ0n) is 22.1. The lowest BCUT2D eigenvalue weighted by Gasteiger charge is -2.47. The molecule has 3 heterocycles. The van der Waals surface area contributed by atoms with Crippen molar-refractivity contribution in [1.82, 2.24) is 9.55 Å². The molecule has 3 aliphatic rings. The highest BCUT2D eigenvalue weighted by molar-refractivity contribution is 8.01. The molecule has 1 spiro atoms. The van der Waals surface area contributed by atoms with E-state index in [9.17, 15) is 19.2 Å². The molecule has 5 rings (SSSR count). The average molecular weight is 559 g/mol. The Kier molecular flexibility index (Phi) is 7.43. The van der Waals surface area contributed by atoms with E-state index in [1.807, 2.05) is 6.92 Å². The van der Waals surface area contributed by atoms with Crippen molar-refractivity contribution in [2.24, 2.45) is 17.8 Å². The Labute approximate surface area is 228 Å². The molecule has 1 aliphatic carbocycles. The van der Waals surface area contributed by atoms with Gasteiger partial charge in [0.05, 0.1) is 43.4 Å². The number of aromatic nitrogens is 2. The molecule has 1 aromatic heterocycles. The highest BCUT2D eigenvalue weighted by Gasteiger charge is 2.68. The smallest absolute Gasteiger partial charge is 0.315 e. The van der Waals surface area contributed by atoms with Crippen LogP contribution in [0.1, 0.15) is 38.4 Å². The minimum Gasteiger partial charge on any atom is -0.497 e. The summed E-state index contributed by atoms with van der Waals surface area (Å²) in [6, 6.07) is 4.80. The van der Waals surface area contributed by atoms with E-state index in [-0.39, 0.29) is 36.1 Å². The van der Waals surface area contributed by atoms with Crippen LogP contribution in [0.4, 0.5) is 0 Å². The molecule has 39 heavy (non-hydrogen) atoms. The first-order valence-electron chi connectivity index (χ1n) is 12.9. The van der Waals surface area contributed by atoms with Gasteiger partial charge in [0.2, 0.25) is 0 Å². The molecule has 0 radical (unpaired) electrons. The van der Waals surface area contributed by atoms with Gasteiger partial charge in [0.15, 0.2) is 11.4 Å². The van der Waals surface area contributed by atoms with Gasteiger partial charge in [-0.2, -0.15) is 0 Å². The number of benzene rings is 1. The topological polar surface area (TPSA) is 132 Å². The number of hydrogen-bond donors (Lipinski definition) is 0. The van der Waals surface area contributed by atoms with Crippen LogP contribution in [0, 0.1) is 17.8 Å². The first kappa shape index (κ1) is 27.2. The fourth-order valence-corrected chi connectivity index (χ4v) is 7.32. The van der Waals surface area contributed by atoms with Gasteiger partial charge in [-0.3, -0.25) is 19.2 Å². The fraction of sp³-hybridized carbons (Fsp3) is 0.519. The van der Waals surface area contributed by atoms with Crippen LogP contribution >= 0.6 is 11.8 Å². The molecule has 0 amide bonds. The molecule has 208 valence electrons. The van der Waals surface area contributed by atoms with E-state index in [0.717, 1.165) is 16.3 Å². The summed E-state index contributed by atoms with van der Waals surface area (Å²) in [6.45, 7) is 5.74. The zero-order valence-corrected chi connectivity index (χ0v) is 22.9. The molecule has 2 aromatic rings. The molecule has 0 N–H and O–H groups in total. The molecule has 2 aliphatic heterocycles. The van der Waals surface area contributed by atoms with Crippen LogP contribution in [0.2, 0.25) is 0 Å². The van der Waals surface area contributed by atoms with Gasteiger partial charge in [-0.15, -0.1) is 0 Å². The van der Waals surface area contributed by atoms with Crippen molar-refractivity contribution >= 4 is 40.5 Å². The molecule has 5 atom stereocenters. The summed E-state index contributed by atoms with van der Waals surface area (Å²) in [5.74, 6) is -4.19. The normalized spacial score (nSPS) is 27.4. The van der Waals surface area contributed by atoms with Gasteiger partial charge in [0, 0.05) is 13.0 Å². The molecule has 1 aromatic carbocycles. The number of thioether (sulfide) groups is 1. The molecule has 0 unspecified atom stereocenters. The van der Waals surface area contributed by atoms with Gasteiger partial charge in [-0.25, -0.2) is 9.55 Å². The van der Waals surface area contributed by atoms with Crippen LogP contribution in [0.5, 0.6) is 5.75 Å². The second-order valence-corrected chi connectivity index (χ2v) is 10.7. The Hall–Kier alpha value is -3.38. The van der Waals surface area contributed by atoms with Crippen molar-refractivity contribution < 1.29 is 38.1 Å². The first-order valence-corrected chi connectivity index (χ1v) is 13.8. The van der Waals surface area contributed by atoms with Crippen molar-refractivity contribution in [3.63, 3.8) is 0 Å². The molecule has 0 bridgehead atoms. The Balaban J connectivity index is 1.72. The lowest BCUT2D eigenvalue weighted by atomic mass is 9.62. The van der Waals surface area contributed by atoms with Crippen molar-refractivity contribution in [3.05, 3.63) is 40.4 Å². The molecule has 1 saturated carbocycles. The zero-order chi connectivity index (χ0) is 27.9. The molecular formula is C27H30N2O9S. The van der Waals surface area contributed by atoms with E-state index in [2.05, 4.69) is 4.98 Å². The second-order valence-electron chi connectivity index (χ2n) is 9.42. The van der Waals surface area contributed by atoms with Gasteiger partial charge in [0.25, 0.3) is 11.5 Å². The monoisotopic (exact) mass is 558 g/mol. The van der Waals surface area contributed by atoms with Crippen molar-refractivity contribution in [1.29, 1.82) is 0 Å². The maximum atomic E-state index is 14.4. The number of nitrogens with zero attached hydrogens (tertiary/aromatic N) is 2. The number of fused-ring (bicyclic) bond motifs is 3. The van der Waals surface area contributed by atoms with Gasteiger partial charge in [0.1, 0.15) is 16.4 Å². The molecule has 1 fully saturated rings. The Morgan fingerprint density at radius 3 is 2.54 bits per heavy atom. The van der Waals surface area contributed by atoms with Crippen LogP contribution in [0.15, 0.2) is 40.0 Å². The fourth-order valence-electron chi connectivity index (χ4n) is 5.75. The number of methoxy groups -OCH3 is 1. The van der Waals surface area contributed by atoms with Crippen molar-refractivity contribution in [2.45, 2.75) is 49.8 Å². The predicted octanol–water partition coefficient (Wildman–Crippen LogP) is 2.94. The molecule has 11 nitrogen and oxygen atoms in total. The summed E-state index contributed by atoms with van der Waals surface area (Å²) in [7, 11) is 1.47. The Bertz CT molecular complexity index is 1420. The Morgan fingerprint density at radius 1 is 1.10 bits per heavy atom. The van der Waals surface area contributed by atoms with Crippen molar-refractivity contribution in [2.75, 3.05) is 26.9 Å². The van der Waals surface area contributed by atoms with Crippen LogP contribution in [0.25, 0.3) is 10.9 Å². The van der Waals surface area contributed by atoms with E-state index >= 15 is 0 Å². The van der Waals surface area contributed by atoms with E-state index in [1.165, 1.54) is 19.4 Å². The number of ether oxygens (including phenoxy) is 5. The Morgan fingerprint density at radius 2 is 1.85 bits per heavy atom. The van der Waals surface area contributed by atoms with Crippen molar-refractivity contribution in [3.8, 4) is 5.75 Å². The summed E-state index contributed by atoms with van der Waals surface area (Å²) in [4.78, 5) is 59.9. The van der Waals surface area contributed by atoms with E-state index < -0.39 is 46.3 Å². The van der Waals surface area contributed by atoms with Gasteiger partial charge in [-0.1, -0.05) is 11.8 Å². The summed E-state index contributed by atoms with van der Waals surface area (Å²) < 4.78 is 26.8. The number of rotatable bonds is 7. The largest absolute Gasteiger partial charge is 0.497 e. The molecule has 0 saturated heterocycles. The standard InChI is InChI=1S/C27H30N2O9S/c1-5-35-20-11-14-10-18(23(31)36-6-2)27(21(17(14)13-38-20)24(32)37-7-3)25(33)29-22(30)16-12-15(34-4)8-9-19(16)28-26(29)39-27/h8-9,12-14,18,20-21H,5-7,10-11H2,1-4H3/t14-,18-,20-,21-,27-/m0/s1. The quantitative estimate of drug-likeness (QED) is 0.367. The maximum absolute atomic E-state index is 14.4. The molecule has 12 heteroatoms. The summed E-state index contributed by atoms with van der Waals surface area (Å²) >= 11 is 0.940. The van der Waals surface area contributed by atoms with Crippen LogP contribution in [0.3, 0.4) is 0 Å². The minimum atomic E-state index is -1.76. The number of hydrogen-bond acceptors (Lipinski definition) is 11. The molecular weight excluding hydrogens is 528 g/mol.